The number of rotatable bonds is 9. The Bertz CT molecular complexity index is 507. The van der Waals surface area contributed by atoms with Gasteiger partial charge in [0.15, 0.2) is 0 Å². The van der Waals surface area contributed by atoms with Crippen LogP contribution in [0.2, 0.25) is 0 Å². The van der Waals surface area contributed by atoms with Gasteiger partial charge in [-0.1, -0.05) is 33.4 Å². The average Bonchev–Trinajstić information content (AvgIpc) is 2.54. The van der Waals surface area contributed by atoms with E-state index in [4.69, 9.17) is 14.9 Å². The van der Waals surface area contributed by atoms with Crippen LogP contribution in [0.15, 0.2) is 24.3 Å². The normalized spacial score (nSPS) is 13.2. The molecule has 0 spiro atoms. The standard InChI is InChI=1S/C18H30N2O4/c1-8-13(9-2)10-14(19)24-11-18(5,6)17(22)20-15(12(3)4)16(21)23-7/h8,10,12,15,19H,1,9,11H2,2-7H3,(H,20,22)/b13-10-,19-14?/t15-/m0/s1. The molecule has 0 aliphatic heterocycles. The SMILES string of the molecule is C=C/C(=C/C(=N)OCC(C)(C)C(=O)N[C@H](C(=O)OC)C(C)C)CC. The Labute approximate surface area is 144 Å². The zero-order valence-corrected chi connectivity index (χ0v) is 15.6. The van der Waals surface area contributed by atoms with Crippen LogP contribution in [-0.2, 0) is 19.1 Å². The molecule has 0 aromatic heterocycles. The zero-order valence-electron chi connectivity index (χ0n) is 15.6. The third-order valence-corrected chi connectivity index (χ3v) is 3.60. The number of hydrogen-bond donors (Lipinski definition) is 2. The van der Waals surface area contributed by atoms with Gasteiger partial charge in [-0.2, -0.15) is 0 Å². The molecule has 0 aromatic carbocycles. The first kappa shape index (κ1) is 21.9. The summed E-state index contributed by atoms with van der Waals surface area (Å²) in [5, 5.41) is 10.5. The van der Waals surface area contributed by atoms with Crippen LogP contribution in [0, 0.1) is 16.7 Å². The van der Waals surface area contributed by atoms with Crippen LogP contribution in [0.4, 0.5) is 0 Å². The minimum Gasteiger partial charge on any atom is -0.477 e. The van der Waals surface area contributed by atoms with Gasteiger partial charge in [0.05, 0.1) is 12.5 Å². The molecule has 0 saturated heterocycles. The van der Waals surface area contributed by atoms with Crippen molar-refractivity contribution in [3.8, 4) is 0 Å². The number of allylic oxidation sites excluding steroid dienone is 2. The maximum Gasteiger partial charge on any atom is 0.328 e. The maximum absolute atomic E-state index is 12.4. The zero-order chi connectivity index (χ0) is 18.9. The van der Waals surface area contributed by atoms with Crippen LogP contribution in [0.1, 0.15) is 41.0 Å². The van der Waals surface area contributed by atoms with Gasteiger partial charge in [-0.3, -0.25) is 10.2 Å². The van der Waals surface area contributed by atoms with Gasteiger partial charge in [0.1, 0.15) is 12.6 Å². The van der Waals surface area contributed by atoms with E-state index in [9.17, 15) is 9.59 Å². The van der Waals surface area contributed by atoms with E-state index in [1.807, 2.05) is 20.8 Å². The minimum absolute atomic E-state index is 0.0221. The van der Waals surface area contributed by atoms with Gasteiger partial charge in [-0.15, -0.1) is 0 Å². The molecule has 0 aliphatic carbocycles. The van der Waals surface area contributed by atoms with Crippen molar-refractivity contribution >= 4 is 17.8 Å². The van der Waals surface area contributed by atoms with Crippen LogP contribution < -0.4 is 5.32 Å². The molecule has 136 valence electrons. The smallest absolute Gasteiger partial charge is 0.328 e. The van der Waals surface area contributed by atoms with E-state index in [0.29, 0.717) is 0 Å². The first-order valence-corrected chi connectivity index (χ1v) is 8.02. The number of amides is 1. The van der Waals surface area contributed by atoms with Crippen molar-refractivity contribution in [2.45, 2.75) is 47.1 Å². The summed E-state index contributed by atoms with van der Waals surface area (Å²) in [6.07, 6.45) is 3.99. The molecule has 1 atom stereocenters. The van der Waals surface area contributed by atoms with Crippen molar-refractivity contribution < 1.29 is 19.1 Å². The van der Waals surface area contributed by atoms with E-state index in [0.717, 1.165) is 12.0 Å². The van der Waals surface area contributed by atoms with E-state index >= 15 is 0 Å². The molecule has 0 radical (unpaired) electrons. The fraction of sp³-hybridized carbons (Fsp3) is 0.611. The lowest BCUT2D eigenvalue weighted by Gasteiger charge is -2.27. The summed E-state index contributed by atoms with van der Waals surface area (Å²) in [6, 6.07) is -0.714. The summed E-state index contributed by atoms with van der Waals surface area (Å²) < 4.78 is 10.1. The van der Waals surface area contributed by atoms with Gasteiger partial charge in [0.2, 0.25) is 11.8 Å². The minimum atomic E-state index is -0.901. The number of carbonyl (C=O) groups is 2. The second-order valence-corrected chi connectivity index (χ2v) is 6.53. The molecule has 1 amide bonds. The van der Waals surface area contributed by atoms with Crippen molar-refractivity contribution in [2.75, 3.05) is 13.7 Å². The molecule has 0 bridgehead atoms. The van der Waals surface area contributed by atoms with Crippen molar-refractivity contribution in [3.05, 3.63) is 24.3 Å². The van der Waals surface area contributed by atoms with Gasteiger partial charge >= 0.3 is 5.97 Å². The lowest BCUT2D eigenvalue weighted by Crippen LogP contribution is -2.50. The third-order valence-electron chi connectivity index (χ3n) is 3.60. The molecular formula is C18H30N2O4. The van der Waals surface area contributed by atoms with Crippen LogP contribution in [0.25, 0.3) is 0 Å². The topological polar surface area (TPSA) is 88.5 Å². The van der Waals surface area contributed by atoms with E-state index in [1.165, 1.54) is 7.11 Å². The monoisotopic (exact) mass is 338 g/mol. The number of nitrogens with one attached hydrogen (secondary N) is 2. The first-order valence-electron chi connectivity index (χ1n) is 8.02. The quantitative estimate of drug-likeness (QED) is 0.293. The van der Waals surface area contributed by atoms with E-state index in [2.05, 4.69) is 11.9 Å². The Kier molecular flexibility index (Phi) is 9.03. The van der Waals surface area contributed by atoms with Crippen molar-refractivity contribution in [1.29, 1.82) is 5.41 Å². The number of esters is 1. The number of hydrogen-bond acceptors (Lipinski definition) is 5. The molecule has 24 heavy (non-hydrogen) atoms. The Morgan fingerprint density at radius 1 is 1.33 bits per heavy atom. The highest BCUT2D eigenvalue weighted by molar-refractivity contribution is 5.89. The lowest BCUT2D eigenvalue weighted by atomic mass is 9.92. The van der Waals surface area contributed by atoms with E-state index < -0.39 is 17.4 Å². The average molecular weight is 338 g/mol. The first-order chi connectivity index (χ1) is 11.1. The number of methoxy groups -OCH3 is 1. The summed E-state index contributed by atoms with van der Waals surface area (Å²) in [5.41, 5.74) is -0.0187. The predicted molar refractivity (Wildman–Crippen MR) is 94.8 cm³/mol. The Morgan fingerprint density at radius 2 is 1.92 bits per heavy atom. The van der Waals surface area contributed by atoms with Gasteiger partial charge in [-0.25, -0.2) is 4.79 Å². The Hall–Kier alpha value is -2.11. The van der Waals surface area contributed by atoms with Crippen LogP contribution in [0.3, 0.4) is 0 Å². The molecule has 2 N–H and O–H groups in total. The van der Waals surface area contributed by atoms with Crippen LogP contribution >= 0.6 is 0 Å². The molecule has 0 aromatic rings. The molecular weight excluding hydrogens is 308 g/mol. The highest BCUT2D eigenvalue weighted by atomic mass is 16.5. The third kappa shape index (κ3) is 6.98. The van der Waals surface area contributed by atoms with Crippen molar-refractivity contribution in [3.63, 3.8) is 0 Å². The number of ether oxygens (including phenoxy) is 2. The summed E-state index contributed by atoms with van der Waals surface area (Å²) >= 11 is 0. The fourth-order valence-electron chi connectivity index (χ4n) is 1.80. The molecule has 6 nitrogen and oxygen atoms in total. The molecule has 0 rings (SSSR count). The molecule has 0 fully saturated rings. The predicted octanol–water partition coefficient (Wildman–Crippen LogP) is 2.84. The molecule has 0 heterocycles. The summed E-state index contributed by atoms with van der Waals surface area (Å²) in [7, 11) is 1.29. The van der Waals surface area contributed by atoms with E-state index in [-0.39, 0.29) is 24.3 Å². The van der Waals surface area contributed by atoms with Gasteiger partial charge < -0.3 is 14.8 Å². The largest absolute Gasteiger partial charge is 0.477 e. The van der Waals surface area contributed by atoms with Gasteiger partial charge in [0, 0.05) is 6.08 Å². The van der Waals surface area contributed by atoms with Crippen molar-refractivity contribution in [2.24, 2.45) is 11.3 Å². The van der Waals surface area contributed by atoms with Crippen molar-refractivity contribution in [1.82, 2.24) is 5.32 Å². The molecule has 0 aliphatic rings. The second-order valence-electron chi connectivity index (χ2n) is 6.53. The molecule has 0 saturated carbocycles. The van der Waals surface area contributed by atoms with Gasteiger partial charge in [0.25, 0.3) is 0 Å². The van der Waals surface area contributed by atoms with E-state index in [1.54, 1.807) is 26.0 Å². The second kappa shape index (κ2) is 9.90. The van der Waals surface area contributed by atoms with Crippen LogP contribution in [-0.4, -0.2) is 37.5 Å². The molecule has 0 unspecified atom stereocenters. The summed E-state index contributed by atoms with van der Waals surface area (Å²) in [5.74, 6) is -0.938. The fourth-order valence-corrected chi connectivity index (χ4v) is 1.80. The summed E-state index contributed by atoms with van der Waals surface area (Å²) in [4.78, 5) is 24.2. The highest BCUT2D eigenvalue weighted by Crippen LogP contribution is 2.18. The Balaban J connectivity index is 4.84. The maximum atomic E-state index is 12.4. The highest BCUT2D eigenvalue weighted by Gasteiger charge is 2.34. The lowest BCUT2D eigenvalue weighted by molar-refractivity contribution is -0.148. The molecule has 6 heteroatoms. The van der Waals surface area contributed by atoms with Crippen LogP contribution in [0.5, 0.6) is 0 Å². The number of carbonyl (C=O) groups excluding carboxylic acids is 2. The Morgan fingerprint density at radius 3 is 2.33 bits per heavy atom. The summed E-state index contributed by atoms with van der Waals surface area (Å²) in [6.45, 7) is 12.7. The van der Waals surface area contributed by atoms with Gasteiger partial charge in [-0.05, 0) is 31.8 Å².